The zero-order valence-electron chi connectivity index (χ0n) is 9.90. The average Bonchev–Trinajstić information content (AvgIpc) is 2.92. The highest BCUT2D eigenvalue weighted by Gasteiger charge is 2.62. The van der Waals surface area contributed by atoms with Gasteiger partial charge in [-0.3, -0.25) is 4.79 Å². The minimum Gasteiger partial charge on any atom is -0.508 e. The molecule has 1 fully saturated rings. The lowest BCUT2D eigenvalue weighted by molar-refractivity contribution is -0.145. The molecule has 1 N–H and O–H groups in total. The Morgan fingerprint density at radius 2 is 2.41 bits per heavy atom. The molecule has 90 valence electrons. The fraction of sp³-hybridized carbons (Fsp3) is 0.500. The van der Waals surface area contributed by atoms with Gasteiger partial charge < -0.3 is 9.84 Å². The lowest BCUT2D eigenvalue weighted by Gasteiger charge is -2.11. The molecule has 0 bridgehead atoms. The molecule has 0 aromatic heterocycles. The van der Waals surface area contributed by atoms with Gasteiger partial charge in [-0.2, -0.15) is 0 Å². The quantitative estimate of drug-likeness (QED) is 0.795. The maximum absolute atomic E-state index is 11.8. The van der Waals surface area contributed by atoms with E-state index in [1.165, 1.54) is 11.1 Å². The van der Waals surface area contributed by atoms with Crippen LogP contribution in [0.3, 0.4) is 0 Å². The number of fused-ring (bicyclic) bond motifs is 2. The Balaban J connectivity index is 1.88. The van der Waals surface area contributed by atoms with Crippen molar-refractivity contribution in [2.24, 2.45) is 5.92 Å². The van der Waals surface area contributed by atoms with Gasteiger partial charge in [0.2, 0.25) is 0 Å². The highest BCUT2D eigenvalue weighted by Crippen LogP contribution is 2.62. The largest absolute Gasteiger partial charge is 0.508 e. The lowest BCUT2D eigenvalue weighted by atomic mass is 9.95. The van der Waals surface area contributed by atoms with Crippen LogP contribution in [0.1, 0.15) is 30.9 Å². The predicted octanol–water partition coefficient (Wildman–Crippen LogP) is 2.16. The van der Waals surface area contributed by atoms with E-state index in [4.69, 9.17) is 4.74 Å². The Hall–Kier alpha value is -1.51. The van der Waals surface area contributed by atoms with Crippen LogP contribution in [-0.2, 0) is 21.4 Å². The summed E-state index contributed by atoms with van der Waals surface area (Å²) in [4.78, 5) is 11.8. The Kier molecular flexibility index (Phi) is 2.18. The summed E-state index contributed by atoms with van der Waals surface area (Å²) in [7, 11) is 0. The van der Waals surface area contributed by atoms with E-state index in [0.29, 0.717) is 12.4 Å². The Morgan fingerprint density at radius 1 is 1.59 bits per heavy atom. The molecule has 0 unspecified atom stereocenters. The number of carbonyl (C=O) groups excluding carboxylic acids is 1. The van der Waals surface area contributed by atoms with Crippen LogP contribution in [-0.4, -0.2) is 17.7 Å². The van der Waals surface area contributed by atoms with Crippen LogP contribution < -0.4 is 0 Å². The fourth-order valence-corrected chi connectivity index (χ4v) is 3.20. The van der Waals surface area contributed by atoms with Crippen LogP contribution >= 0.6 is 0 Å². The molecule has 0 amide bonds. The van der Waals surface area contributed by atoms with E-state index >= 15 is 0 Å². The molecule has 3 rings (SSSR count). The third-order valence-electron chi connectivity index (χ3n) is 4.11. The number of esters is 1. The van der Waals surface area contributed by atoms with Gasteiger partial charge in [0.1, 0.15) is 5.75 Å². The highest BCUT2D eigenvalue weighted by molar-refractivity contribution is 5.80. The summed E-state index contributed by atoms with van der Waals surface area (Å²) >= 11 is 0. The number of ether oxygens (including phenoxy) is 1. The summed E-state index contributed by atoms with van der Waals surface area (Å²) in [6.07, 6.45) is 2.87. The fourth-order valence-electron chi connectivity index (χ4n) is 3.20. The highest BCUT2D eigenvalue weighted by atomic mass is 16.5. The topological polar surface area (TPSA) is 46.5 Å². The second-order valence-corrected chi connectivity index (χ2v) is 5.01. The molecule has 17 heavy (non-hydrogen) atoms. The number of carbonyl (C=O) groups is 1. The number of aryl methyl sites for hydroxylation is 1. The normalized spacial score (nSPS) is 29.1. The maximum Gasteiger partial charge on any atom is 0.309 e. The van der Waals surface area contributed by atoms with Crippen LogP contribution in [0, 0.1) is 5.92 Å². The van der Waals surface area contributed by atoms with Crippen molar-refractivity contribution in [2.75, 3.05) is 6.61 Å². The number of rotatable bonds is 2. The van der Waals surface area contributed by atoms with E-state index in [-0.39, 0.29) is 17.3 Å². The molecule has 1 saturated carbocycles. The van der Waals surface area contributed by atoms with Crippen molar-refractivity contribution in [3.8, 4) is 5.75 Å². The maximum atomic E-state index is 11.8. The van der Waals surface area contributed by atoms with E-state index in [0.717, 1.165) is 19.3 Å². The van der Waals surface area contributed by atoms with Crippen molar-refractivity contribution < 1.29 is 14.6 Å². The van der Waals surface area contributed by atoms with Crippen LogP contribution in [0.15, 0.2) is 18.2 Å². The number of hydrogen-bond donors (Lipinski definition) is 1. The first kappa shape index (κ1) is 10.6. The molecular formula is C14H16O3. The van der Waals surface area contributed by atoms with Crippen molar-refractivity contribution >= 4 is 5.97 Å². The Labute approximate surface area is 100 Å². The zero-order valence-corrected chi connectivity index (χ0v) is 9.90. The third-order valence-corrected chi connectivity index (χ3v) is 4.11. The first-order valence-corrected chi connectivity index (χ1v) is 6.16. The molecule has 3 heteroatoms. The van der Waals surface area contributed by atoms with Crippen molar-refractivity contribution in [1.82, 2.24) is 0 Å². The first-order valence-electron chi connectivity index (χ1n) is 6.16. The van der Waals surface area contributed by atoms with Gasteiger partial charge in [0.25, 0.3) is 0 Å². The molecule has 0 heterocycles. The Morgan fingerprint density at radius 3 is 3.18 bits per heavy atom. The first-order chi connectivity index (χ1) is 8.17. The predicted molar refractivity (Wildman–Crippen MR) is 62.8 cm³/mol. The second-order valence-electron chi connectivity index (χ2n) is 5.01. The van der Waals surface area contributed by atoms with Crippen molar-refractivity contribution in [2.45, 2.75) is 31.6 Å². The SMILES string of the molecule is CCOC(=O)[C@H]1C[C@@]12CCc1cc(O)ccc12. The lowest BCUT2D eigenvalue weighted by Crippen LogP contribution is -2.15. The number of phenolic OH excluding ortho intramolecular Hbond substituents is 1. The van der Waals surface area contributed by atoms with E-state index in [2.05, 4.69) is 0 Å². The minimum absolute atomic E-state index is 0.0231. The molecular weight excluding hydrogens is 216 g/mol. The summed E-state index contributed by atoms with van der Waals surface area (Å²) < 4.78 is 5.10. The molecule has 0 aliphatic heterocycles. The third kappa shape index (κ3) is 1.45. The van der Waals surface area contributed by atoms with Gasteiger partial charge in [0.05, 0.1) is 12.5 Å². The van der Waals surface area contributed by atoms with Crippen molar-refractivity contribution in [3.05, 3.63) is 29.3 Å². The van der Waals surface area contributed by atoms with Gasteiger partial charge >= 0.3 is 5.97 Å². The molecule has 3 nitrogen and oxygen atoms in total. The van der Waals surface area contributed by atoms with Gasteiger partial charge in [-0.1, -0.05) is 6.07 Å². The summed E-state index contributed by atoms with van der Waals surface area (Å²) in [5, 5.41) is 9.45. The van der Waals surface area contributed by atoms with Crippen LogP contribution in [0.25, 0.3) is 0 Å². The average molecular weight is 232 g/mol. The summed E-state index contributed by atoms with van der Waals surface area (Å²) in [5.74, 6) is 0.288. The van der Waals surface area contributed by atoms with Crippen molar-refractivity contribution in [3.63, 3.8) is 0 Å². The van der Waals surface area contributed by atoms with E-state index in [1.54, 1.807) is 6.07 Å². The molecule has 2 aliphatic rings. The van der Waals surface area contributed by atoms with E-state index < -0.39 is 0 Å². The second kappa shape index (κ2) is 3.49. The molecule has 0 saturated heterocycles. The summed E-state index contributed by atoms with van der Waals surface area (Å²) in [6, 6.07) is 5.51. The van der Waals surface area contributed by atoms with Gasteiger partial charge in [-0.25, -0.2) is 0 Å². The number of phenols is 1. The summed E-state index contributed by atoms with van der Waals surface area (Å²) in [5.41, 5.74) is 2.46. The monoisotopic (exact) mass is 232 g/mol. The van der Waals surface area contributed by atoms with E-state index in [9.17, 15) is 9.90 Å². The van der Waals surface area contributed by atoms with Gasteiger partial charge in [-0.05, 0) is 49.4 Å². The zero-order chi connectivity index (χ0) is 12.0. The molecule has 1 spiro atoms. The standard InChI is InChI=1S/C14H16O3/c1-2-17-13(16)12-8-14(12)6-5-9-7-10(15)3-4-11(9)14/h3-4,7,12,15H,2,5-6,8H2,1H3/t12-,14-/m1/s1. The van der Waals surface area contributed by atoms with Crippen LogP contribution in [0.5, 0.6) is 5.75 Å². The molecule has 0 radical (unpaired) electrons. The summed E-state index contributed by atoms with van der Waals surface area (Å²) in [6.45, 7) is 2.29. The minimum atomic E-state index is -0.0616. The van der Waals surface area contributed by atoms with Crippen LogP contribution in [0.2, 0.25) is 0 Å². The smallest absolute Gasteiger partial charge is 0.309 e. The Bertz CT molecular complexity index is 480. The molecule has 1 aromatic carbocycles. The number of benzene rings is 1. The molecule has 2 atom stereocenters. The van der Waals surface area contributed by atoms with Gasteiger partial charge in [0, 0.05) is 5.41 Å². The van der Waals surface area contributed by atoms with Crippen molar-refractivity contribution in [1.29, 1.82) is 0 Å². The molecule has 1 aromatic rings. The molecule has 2 aliphatic carbocycles. The number of aromatic hydroxyl groups is 1. The van der Waals surface area contributed by atoms with Crippen LogP contribution in [0.4, 0.5) is 0 Å². The van der Waals surface area contributed by atoms with Gasteiger partial charge in [0.15, 0.2) is 0 Å². The van der Waals surface area contributed by atoms with Gasteiger partial charge in [-0.15, -0.1) is 0 Å². The number of hydrogen-bond acceptors (Lipinski definition) is 3. The van der Waals surface area contributed by atoms with E-state index in [1.807, 2.05) is 19.1 Å².